The summed E-state index contributed by atoms with van der Waals surface area (Å²) in [6.07, 6.45) is 1.45. The van der Waals surface area contributed by atoms with E-state index in [2.05, 4.69) is 19.6 Å². The summed E-state index contributed by atoms with van der Waals surface area (Å²) < 4.78 is 16.9. The van der Waals surface area contributed by atoms with Gasteiger partial charge in [0.2, 0.25) is 30.7 Å². The van der Waals surface area contributed by atoms with Crippen LogP contribution < -0.4 is 0 Å². The lowest BCUT2D eigenvalue weighted by Gasteiger charge is -2.25. The zero-order valence-corrected chi connectivity index (χ0v) is 16.7. The Balaban J connectivity index is 5.02. The van der Waals surface area contributed by atoms with Crippen LogP contribution >= 0.6 is 0 Å². The fraction of sp³-hybridized carbons (Fsp3) is 0.750. The van der Waals surface area contributed by atoms with Crippen molar-refractivity contribution >= 4 is 30.9 Å². The number of carbonyl (C=O) groups is 1. The maximum absolute atomic E-state index is 12.1. The molecule has 0 heterocycles. The van der Waals surface area contributed by atoms with Crippen molar-refractivity contribution in [2.45, 2.75) is 58.9 Å². The first-order valence-electron chi connectivity index (χ1n) is 6.50. The Morgan fingerprint density at radius 2 is 1.16 bits per heavy atom. The maximum Gasteiger partial charge on any atom is 0.362 e. The number of hydrogen-bond acceptors (Lipinski definition) is 4. The predicted molar refractivity (Wildman–Crippen MR) is 86.4 cm³/mol. The van der Waals surface area contributed by atoms with Crippen LogP contribution in [0.5, 0.6) is 0 Å². The predicted octanol–water partition coefficient (Wildman–Crippen LogP) is 3.91. The highest BCUT2D eigenvalue weighted by molar-refractivity contribution is 6.72. The summed E-state index contributed by atoms with van der Waals surface area (Å²) in [7, 11) is -5.54. The molecule has 0 spiro atoms. The Bertz CT molecular complexity index is 345. The molecule has 0 saturated heterocycles. The van der Waals surface area contributed by atoms with Crippen LogP contribution in [0.4, 0.5) is 0 Å². The lowest BCUT2D eigenvalue weighted by atomic mass is 10.6. The SMILES string of the molecule is C[Si](C)(C)OC=C(O[Si](C)(C)C)C(=O)O[Si](C)(C)C. The largest absolute Gasteiger partial charge is 0.547 e. The number of carbonyl (C=O) groups excluding carboxylic acids is 1. The third-order valence-corrected chi connectivity index (χ3v) is 3.99. The van der Waals surface area contributed by atoms with E-state index in [0.717, 1.165) is 0 Å². The van der Waals surface area contributed by atoms with Crippen molar-refractivity contribution in [2.24, 2.45) is 0 Å². The molecular weight excluding hydrogens is 292 g/mol. The first-order chi connectivity index (χ1) is 8.20. The van der Waals surface area contributed by atoms with Gasteiger partial charge in [-0.05, 0) is 58.9 Å². The van der Waals surface area contributed by atoms with Crippen LogP contribution in [-0.4, -0.2) is 30.9 Å². The molecule has 0 aromatic rings. The van der Waals surface area contributed by atoms with E-state index in [1.165, 1.54) is 6.26 Å². The summed E-state index contributed by atoms with van der Waals surface area (Å²) in [6.45, 7) is 18.1. The van der Waals surface area contributed by atoms with E-state index < -0.39 is 30.9 Å². The fourth-order valence-corrected chi connectivity index (χ4v) is 2.91. The second kappa shape index (κ2) is 6.27. The molecule has 0 aliphatic heterocycles. The molecule has 0 bridgehead atoms. The van der Waals surface area contributed by atoms with Crippen molar-refractivity contribution in [3.8, 4) is 0 Å². The van der Waals surface area contributed by atoms with Crippen LogP contribution in [0.3, 0.4) is 0 Å². The van der Waals surface area contributed by atoms with Gasteiger partial charge in [0.05, 0.1) is 0 Å². The minimum absolute atomic E-state index is 0.212. The van der Waals surface area contributed by atoms with Crippen molar-refractivity contribution in [3.63, 3.8) is 0 Å². The van der Waals surface area contributed by atoms with Crippen LogP contribution in [0.2, 0.25) is 58.9 Å². The third kappa shape index (κ3) is 11.0. The van der Waals surface area contributed by atoms with Crippen LogP contribution in [0.1, 0.15) is 0 Å². The smallest absolute Gasteiger partial charge is 0.362 e. The zero-order valence-electron chi connectivity index (χ0n) is 13.7. The third-order valence-electron chi connectivity index (χ3n) is 1.54. The van der Waals surface area contributed by atoms with Gasteiger partial charge in [0.1, 0.15) is 6.26 Å². The molecule has 7 heteroatoms. The standard InChI is InChI=1S/C12H28O4Si3/c1-17(2,3)14-10-11(15-18(4,5)6)12(13)16-19(7,8)9/h10H,1-9H3. The quantitative estimate of drug-likeness (QED) is 0.423. The van der Waals surface area contributed by atoms with Gasteiger partial charge in [-0.3, -0.25) is 0 Å². The molecule has 0 unspecified atom stereocenters. The molecule has 0 saturated carbocycles. The number of hydrogen-bond donors (Lipinski definition) is 0. The zero-order chi connectivity index (χ0) is 15.5. The van der Waals surface area contributed by atoms with E-state index >= 15 is 0 Å². The van der Waals surface area contributed by atoms with Gasteiger partial charge in [-0.15, -0.1) is 0 Å². The molecule has 0 aliphatic rings. The van der Waals surface area contributed by atoms with Crippen LogP contribution in [0, 0.1) is 0 Å². The van der Waals surface area contributed by atoms with Crippen molar-refractivity contribution in [1.82, 2.24) is 0 Å². The molecule has 0 aromatic carbocycles. The van der Waals surface area contributed by atoms with Gasteiger partial charge in [0, 0.05) is 0 Å². The highest BCUT2D eigenvalue weighted by Crippen LogP contribution is 2.16. The molecule has 4 nitrogen and oxygen atoms in total. The molecule has 0 atom stereocenters. The van der Waals surface area contributed by atoms with Crippen molar-refractivity contribution in [3.05, 3.63) is 12.0 Å². The van der Waals surface area contributed by atoms with Gasteiger partial charge < -0.3 is 13.3 Å². The Hall–Kier alpha value is -0.539. The maximum atomic E-state index is 12.1. The molecule has 0 radical (unpaired) electrons. The summed E-state index contributed by atoms with van der Waals surface area (Å²) in [4.78, 5) is 12.1. The topological polar surface area (TPSA) is 44.8 Å². The summed E-state index contributed by atoms with van der Waals surface area (Å²) in [5.74, 6) is -0.191. The van der Waals surface area contributed by atoms with Crippen LogP contribution in [-0.2, 0) is 18.1 Å². The highest BCUT2D eigenvalue weighted by Gasteiger charge is 2.28. The summed E-state index contributed by atoms with van der Waals surface area (Å²) >= 11 is 0. The minimum atomic E-state index is -1.93. The van der Waals surface area contributed by atoms with Gasteiger partial charge in [0.15, 0.2) is 0 Å². The second-order valence-electron chi connectivity index (χ2n) is 7.43. The summed E-state index contributed by atoms with van der Waals surface area (Å²) in [5.41, 5.74) is 0. The van der Waals surface area contributed by atoms with Gasteiger partial charge >= 0.3 is 5.97 Å². The number of rotatable bonds is 6. The average Bonchev–Trinajstić information content (AvgIpc) is 2.05. The van der Waals surface area contributed by atoms with Crippen molar-refractivity contribution in [2.75, 3.05) is 0 Å². The minimum Gasteiger partial charge on any atom is -0.547 e. The Morgan fingerprint density at radius 1 is 0.737 bits per heavy atom. The van der Waals surface area contributed by atoms with E-state index in [1.807, 2.05) is 39.3 Å². The Morgan fingerprint density at radius 3 is 1.47 bits per heavy atom. The van der Waals surface area contributed by atoms with E-state index in [-0.39, 0.29) is 5.76 Å². The summed E-state index contributed by atoms with van der Waals surface area (Å²) in [6, 6.07) is 0. The lowest BCUT2D eigenvalue weighted by Crippen LogP contribution is -2.34. The normalized spacial score (nSPS) is 14.1. The molecule has 0 aliphatic carbocycles. The molecule has 19 heavy (non-hydrogen) atoms. The van der Waals surface area contributed by atoms with E-state index in [4.69, 9.17) is 13.3 Å². The summed E-state index contributed by atoms with van der Waals surface area (Å²) in [5, 5.41) is 0. The van der Waals surface area contributed by atoms with E-state index in [1.54, 1.807) is 0 Å². The molecule has 0 fully saturated rings. The molecule has 112 valence electrons. The molecule has 0 aromatic heterocycles. The monoisotopic (exact) mass is 320 g/mol. The highest BCUT2D eigenvalue weighted by atomic mass is 28.4. The van der Waals surface area contributed by atoms with Crippen molar-refractivity contribution < 1.29 is 18.1 Å². The van der Waals surface area contributed by atoms with Gasteiger partial charge in [-0.1, -0.05) is 0 Å². The van der Waals surface area contributed by atoms with Gasteiger partial charge in [-0.2, -0.15) is 0 Å². The lowest BCUT2D eigenvalue weighted by molar-refractivity contribution is -0.133. The second-order valence-corrected chi connectivity index (χ2v) is 20.7. The van der Waals surface area contributed by atoms with Crippen LogP contribution in [0.25, 0.3) is 0 Å². The Kier molecular flexibility index (Phi) is 6.10. The first-order valence-corrected chi connectivity index (χ1v) is 16.7. The molecule has 0 rings (SSSR count). The van der Waals surface area contributed by atoms with Crippen LogP contribution in [0.15, 0.2) is 12.0 Å². The first kappa shape index (κ1) is 18.5. The van der Waals surface area contributed by atoms with E-state index in [0.29, 0.717) is 0 Å². The van der Waals surface area contributed by atoms with E-state index in [9.17, 15) is 4.79 Å². The van der Waals surface area contributed by atoms with Gasteiger partial charge in [0.25, 0.3) is 0 Å². The fourth-order valence-electron chi connectivity index (χ4n) is 1.00. The van der Waals surface area contributed by atoms with Gasteiger partial charge in [-0.25, -0.2) is 4.79 Å². The Labute approximate surface area is 120 Å². The average molecular weight is 321 g/mol. The molecule has 0 N–H and O–H groups in total. The molecular formula is C12H28O4Si3. The van der Waals surface area contributed by atoms with Crippen molar-refractivity contribution in [1.29, 1.82) is 0 Å². The molecule has 0 amide bonds.